The van der Waals surface area contributed by atoms with E-state index in [1.165, 1.54) is 25.7 Å². The van der Waals surface area contributed by atoms with Crippen LogP contribution >= 0.6 is 0 Å². The molecule has 4 nitrogen and oxygen atoms in total. The molecule has 4 heteroatoms. The van der Waals surface area contributed by atoms with Gasteiger partial charge in [-0.25, -0.2) is 0 Å². The molecule has 7 unspecified atom stereocenters. The van der Waals surface area contributed by atoms with Crippen LogP contribution in [0, 0.1) is 40.4 Å². The van der Waals surface area contributed by atoms with Gasteiger partial charge in [0.2, 0.25) is 0 Å². The molecule has 0 aromatic rings. The van der Waals surface area contributed by atoms with E-state index in [-0.39, 0.29) is 35.2 Å². The van der Waals surface area contributed by atoms with Crippen molar-refractivity contribution in [2.24, 2.45) is 40.4 Å². The van der Waals surface area contributed by atoms with Crippen LogP contribution in [-0.4, -0.2) is 28.1 Å². The number of hydrogen-bond donors (Lipinski definition) is 2. The highest BCUT2D eigenvalue weighted by Gasteiger charge is 2.64. The molecule has 0 spiro atoms. The Morgan fingerprint density at radius 3 is 2.67 bits per heavy atom. The molecule has 0 radical (unpaired) electrons. The molecule has 2 N–H and O–H groups in total. The molecule has 4 aliphatic rings. The van der Waals surface area contributed by atoms with E-state index in [0.717, 1.165) is 25.7 Å². The lowest BCUT2D eigenvalue weighted by molar-refractivity contribution is -0.175. The molecule has 0 amide bonds. The number of carbonyl (C=O) groups excluding carboxylic acids is 1. The van der Waals surface area contributed by atoms with E-state index in [4.69, 9.17) is 5.11 Å². The number of carboxylic acids is 1. The number of Topliss-reactive ketones (excluding diaryl/α,β-unsaturated/α-hetero) is 1. The Morgan fingerprint density at radius 2 is 1.93 bits per heavy atom. The topological polar surface area (TPSA) is 74.6 Å². The molecular formula is C23H36O4. The van der Waals surface area contributed by atoms with Gasteiger partial charge in [-0.05, 0) is 80.0 Å². The van der Waals surface area contributed by atoms with Crippen LogP contribution in [0.4, 0.5) is 0 Å². The van der Waals surface area contributed by atoms with Crippen LogP contribution in [0.25, 0.3) is 0 Å². The zero-order valence-corrected chi connectivity index (χ0v) is 17.0. The molecule has 0 aromatic carbocycles. The van der Waals surface area contributed by atoms with Crippen LogP contribution in [0.15, 0.2) is 0 Å². The summed E-state index contributed by atoms with van der Waals surface area (Å²) in [5.41, 5.74) is -0.126. The number of aliphatic carboxylic acids is 1. The number of aliphatic hydroxyl groups is 1. The minimum Gasteiger partial charge on any atom is -0.481 e. The summed E-state index contributed by atoms with van der Waals surface area (Å²) in [5, 5.41) is 20.1. The summed E-state index contributed by atoms with van der Waals surface area (Å²) in [6.07, 6.45) is 9.98. The summed E-state index contributed by atoms with van der Waals surface area (Å²) in [6.45, 7) is 4.56. The summed E-state index contributed by atoms with van der Waals surface area (Å²) in [7, 11) is 0. The molecule has 8 atom stereocenters. The average Bonchev–Trinajstić information content (AvgIpc) is 2.94. The van der Waals surface area contributed by atoms with Crippen LogP contribution in [0.1, 0.15) is 84.5 Å². The van der Waals surface area contributed by atoms with Gasteiger partial charge in [-0.15, -0.1) is 0 Å². The third-order valence-corrected chi connectivity index (χ3v) is 9.59. The minimum atomic E-state index is -0.747. The summed E-state index contributed by atoms with van der Waals surface area (Å²) < 4.78 is 0. The highest BCUT2D eigenvalue weighted by Crippen LogP contribution is 2.66. The lowest BCUT2D eigenvalue weighted by Gasteiger charge is -2.61. The number of ketones is 1. The van der Waals surface area contributed by atoms with Crippen molar-refractivity contribution >= 4 is 11.8 Å². The van der Waals surface area contributed by atoms with Gasteiger partial charge >= 0.3 is 5.97 Å². The maximum atomic E-state index is 13.5. The van der Waals surface area contributed by atoms with Gasteiger partial charge in [-0.1, -0.05) is 26.7 Å². The van der Waals surface area contributed by atoms with E-state index in [0.29, 0.717) is 36.4 Å². The Kier molecular flexibility index (Phi) is 4.93. The average molecular weight is 377 g/mol. The molecule has 0 aliphatic heterocycles. The molecule has 0 bridgehead atoms. The van der Waals surface area contributed by atoms with Gasteiger partial charge in [0.15, 0.2) is 0 Å². The smallest absolute Gasteiger partial charge is 0.303 e. The van der Waals surface area contributed by atoms with Crippen LogP contribution in [0.5, 0.6) is 0 Å². The second-order valence-electron chi connectivity index (χ2n) is 10.5. The standard InChI is InChI=1S/C23H36O4/c1-22-11-4-3-6-15(22)12-18(24)21-16-10-9-14(7-5-8-20(26)27)23(16,2)19(25)13-17(21)22/h14-18,21,24H,3-13H2,1-2H3,(H,26,27)/t14?,15?,16?,17?,18?,21-,22?,23?/m0/s1. The van der Waals surface area contributed by atoms with Gasteiger partial charge in [-0.2, -0.15) is 0 Å². The van der Waals surface area contributed by atoms with Gasteiger partial charge in [0, 0.05) is 18.3 Å². The zero-order chi connectivity index (χ0) is 19.4. The largest absolute Gasteiger partial charge is 0.481 e. The lowest BCUT2D eigenvalue weighted by Crippen LogP contribution is -2.60. The zero-order valence-electron chi connectivity index (χ0n) is 17.0. The molecular weight excluding hydrogens is 340 g/mol. The number of rotatable bonds is 4. The molecule has 0 aromatic heterocycles. The van der Waals surface area contributed by atoms with Crippen LogP contribution in [0.2, 0.25) is 0 Å². The molecule has 4 fully saturated rings. The third-order valence-electron chi connectivity index (χ3n) is 9.59. The molecule has 0 saturated heterocycles. The fourth-order valence-electron chi connectivity index (χ4n) is 8.05. The van der Waals surface area contributed by atoms with Crippen molar-refractivity contribution in [1.29, 1.82) is 0 Å². The van der Waals surface area contributed by atoms with Crippen LogP contribution in [0.3, 0.4) is 0 Å². The van der Waals surface area contributed by atoms with E-state index >= 15 is 0 Å². The molecule has 152 valence electrons. The van der Waals surface area contributed by atoms with Crippen molar-refractivity contribution in [1.82, 2.24) is 0 Å². The second kappa shape index (κ2) is 6.86. The Balaban J connectivity index is 1.59. The maximum Gasteiger partial charge on any atom is 0.303 e. The Hall–Kier alpha value is -0.900. The van der Waals surface area contributed by atoms with Crippen LogP contribution in [-0.2, 0) is 9.59 Å². The van der Waals surface area contributed by atoms with Gasteiger partial charge in [0.25, 0.3) is 0 Å². The Morgan fingerprint density at radius 1 is 1.15 bits per heavy atom. The highest BCUT2D eigenvalue weighted by molar-refractivity contribution is 5.87. The number of carboxylic acid groups (broad SMARTS) is 1. The van der Waals surface area contributed by atoms with Crippen LogP contribution < -0.4 is 0 Å². The molecule has 4 aliphatic carbocycles. The van der Waals surface area contributed by atoms with Gasteiger partial charge in [0.1, 0.15) is 5.78 Å². The van der Waals surface area contributed by atoms with Crippen molar-refractivity contribution in [2.75, 3.05) is 0 Å². The van der Waals surface area contributed by atoms with E-state index in [9.17, 15) is 14.7 Å². The van der Waals surface area contributed by atoms with E-state index in [1.807, 2.05) is 0 Å². The fourth-order valence-corrected chi connectivity index (χ4v) is 8.05. The van der Waals surface area contributed by atoms with Gasteiger partial charge in [-0.3, -0.25) is 9.59 Å². The first-order valence-corrected chi connectivity index (χ1v) is 11.2. The Labute approximate surface area is 163 Å². The minimum absolute atomic E-state index is 0.194. The van der Waals surface area contributed by atoms with Crippen molar-refractivity contribution in [3.05, 3.63) is 0 Å². The summed E-state index contributed by atoms with van der Waals surface area (Å²) in [6, 6.07) is 0. The summed E-state index contributed by atoms with van der Waals surface area (Å²) >= 11 is 0. The van der Waals surface area contributed by atoms with Gasteiger partial charge in [0.05, 0.1) is 6.10 Å². The number of fused-ring (bicyclic) bond motifs is 5. The predicted molar refractivity (Wildman–Crippen MR) is 103 cm³/mol. The monoisotopic (exact) mass is 376 g/mol. The number of carbonyl (C=O) groups is 2. The first-order valence-electron chi connectivity index (χ1n) is 11.2. The fraction of sp³-hybridized carbons (Fsp3) is 0.913. The number of hydrogen-bond acceptors (Lipinski definition) is 3. The van der Waals surface area contributed by atoms with E-state index in [2.05, 4.69) is 13.8 Å². The first-order chi connectivity index (χ1) is 12.8. The van der Waals surface area contributed by atoms with Gasteiger partial charge < -0.3 is 10.2 Å². The lowest BCUT2D eigenvalue weighted by atomic mass is 9.44. The molecule has 4 rings (SSSR count). The molecule has 0 heterocycles. The van der Waals surface area contributed by atoms with E-state index in [1.54, 1.807) is 0 Å². The maximum absolute atomic E-state index is 13.5. The second-order valence-corrected chi connectivity index (χ2v) is 10.5. The van der Waals surface area contributed by atoms with Crippen molar-refractivity contribution in [3.63, 3.8) is 0 Å². The SMILES string of the molecule is CC12CCCCC1CC(O)[C@@H]1C2CC(=O)C2(C)C(CCCC(=O)O)CCC12. The first kappa shape index (κ1) is 19.4. The predicted octanol–water partition coefficient (Wildman–Crippen LogP) is 4.44. The molecule has 4 saturated carbocycles. The van der Waals surface area contributed by atoms with Crippen molar-refractivity contribution in [3.8, 4) is 0 Å². The summed E-state index contributed by atoms with van der Waals surface area (Å²) in [5.74, 6) is 1.42. The quantitative estimate of drug-likeness (QED) is 0.761. The molecule has 27 heavy (non-hydrogen) atoms. The highest BCUT2D eigenvalue weighted by atomic mass is 16.4. The van der Waals surface area contributed by atoms with Crippen molar-refractivity contribution in [2.45, 2.75) is 90.6 Å². The third kappa shape index (κ3) is 2.89. The normalized spacial score (nSPS) is 49.2. The number of aliphatic hydroxyl groups excluding tert-OH is 1. The van der Waals surface area contributed by atoms with E-state index < -0.39 is 5.97 Å². The van der Waals surface area contributed by atoms with Crippen molar-refractivity contribution < 1.29 is 19.8 Å². The Bertz CT molecular complexity index is 615. The summed E-state index contributed by atoms with van der Waals surface area (Å²) in [4.78, 5) is 24.4.